The quantitative estimate of drug-likeness (QED) is 0.509. The van der Waals surface area contributed by atoms with Crippen LogP contribution in [0.2, 0.25) is 10.0 Å². The third kappa shape index (κ3) is 5.79. The number of carbonyl (C=O) groups excluding carboxylic acids is 1. The summed E-state index contributed by atoms with van der Waals surface area (Å²) in [4.78, 5) is 12.0. The van der Waals surface area contributed by atoms with Gasteiger partial charge in [0.15, 0.2) is 6.61 Å². The van der Waals surface area contributed by atoms with Crippen molar-refractivity contribution in [3.8, 4) is 11.5 Å². The molecule has 0 radical (unpaired) electrons. The average molecular weight is 440 g/mol. The number of thioether (sulfide) groups is 1. The van der Waals surface area contributed by atoms with Crippen molar-refractivity contribution in [2.45, 2.75) is 11.8 Å². The summed E-state index contributed by atoms with van der Waals surface area (Å²) < 4.78 is 16.1. The Morgan fingerprint density at radius 2 is 1.89 bits per heavy atom. The van der Waals surface area contributed by atoms with Crippen LogP contribution in [-0.4, -0.2) is 29.0 Å². The number of hydrogen-bond acceptors (Lipinski definition) is 7. The van der Waals surface area contributed by atoms with E-state index in [0.29, 0.717) is 27.4 Å². The summed E-state index contributed by atoms with van der Waals surface area (Å²) in [5.74, 6) is 1.51. The van der Waals surface area contributed by atoms with Crippen LogP contribution in [0.4, 0.5) is 5.69 Å². The van der Waals surface area contributed by atoms with E-state index >= 15 is 0 Å². The van der Waals surface area contributed by atoms with Crippen molar-refractivity contribution >= 4 is 46.6 Å². The minimum atomic E-state index is -0.261. The van der Waals surface area contributed by atoms with Crippen LogP contribution in [0.3, 0.4) is 0 Å². The summed E-state index contributed by atoms with van der Waals surface area (Å²) in [6, 6.07) is 12.0. The van der Waals surface area contributed by atoms with Gasteiger partial charge in [-0.15, -0.1) is 10.2 Å². The van der Waals surface area contributed by atoms with Gasteiger partial charge in [0.05, 0.1) is 23.6 Å². The lowest BCUT2D eigenvalue weighted by Crippen LogP contribution is -2.14. The summed E-state index contributed by atoms with van der Waals surface area (Å²) >= 11 is 13.0. The van der Waals surface area contributed by atoms with Gasteiger partial charge in [0.25, 0.3) is 11.1 Å². The molecule has 1 N–H and O–H groups in total. The fourth-order valence-corrected chi connectivity index (χ4v) is 3.11. The molecule has 0 saturated carbocycles. The van der Waals surface area contributed by atoms with Gasteiger partial charge in [-0.25, -0.2) is 0 Å². The number of hydrogen-bond donors (Lipinski definition) is 1. The molecule has 1 heterocycles. The zero-order valence-corrected chi connectivity index (χ0v) is 17.0. The summed E-state index contributed by atoms with van der Waals surface area (Å²) in [6.07, 6.45) is 0. The molecule has 2 aromatic carbocycles. The Kier molecular flexibility index (Phi) is 7.02. The summed E-state index contributed by atoms with van der Waals surface area (Å²) in [7, 11) is 1.60. The molecule has 28 heavy (non-hydrogen) atoms. The third-order valence-corrected chi connectivity index (χ3v) is 4.77. The predicted molar refractivity (Wildman–Crippen MR) is 107 cm³/mol. The number of ether oxygens (including phenoxy) is 2. The normalized spacial score (nSPS) is 10.5. The number of anilines is 1. The monoisotopic (exact) mass is 439 g/mol. The van der Waals surface area contributed by atoms with E-state index in [2.05, 4.69) is 15.5 Å². The lowest BCUT2D eigenvalue weighted by molar-refractivity contribution is -0.113. The van der Waals surface area contributed by atoms with E-state index in [1.54, 1.807) is 49.6 Å². The van der Waals surface area contributed by atoms with Gasteiger partial charge in [-0.1, -0.05) is 35.0 Å². The second-order valence-electron chi connectivity index (χ2n) is 5.39. The van der Waals surface area contributed by atoms with E-state index < -0.39 is 0 Å². The van der Waals surface area contributed by atoms with Crippen molar-refractivity contribution in [1.29, 1.82) is 0 Å². The Morgan fingerprint density at radius 1 is 1.14 bits per heavy atom. The largest absolute Gasteiger partial charge is 0.497 e. The minimum Gasteiger partial charge on any atom is -0.497 e. The molecule has 0 unspecified atom stereocenters. The standard InChI is InChI=1S/C18H15Cl2N3O4S/c1-25-12-3-5-13(6-4-12)26-9-17-22-23-18(27-17)28-10-16(24)21-15-7-2-11(19)8-14(15)20/h2-8H,9-10H2,1H3,(H,21,24). The van der Waals surface area contributed by atoms with Crippen LogP contribution in [0.1, 0.15) is 5.89 Å². The number of amides is 1. The topological polar surface area (TPSA) is 86.5 Å². The van der Waals surface area contributed by atoms with Gasteiger partial charge >= 0.3 is 0 Å². The van der Waals surface area contributed by atoms with Crippen LogP contribution in [0.5, 0.6) is 11.5 Å². The Balaban J connectivity index is 1.46. The maximum atomic E-state index is 12.0. The number of benzene rings is 2. The number of nitrogens with one attached hydrogen (secondary N) is 1. The maximum absolute atomic E-state index is 12.0. The van der Waals surface area contributed by atoms with E-state index in [9.17, 15) is 4.79 Å². The molecule has 0 spiro atoms. The van der Waals surface area contributed by atoms with Crippen molar-refractivity contribution in [3.05, 3.63) is 58.4 Å². The molecule has 0 saturated heterocycles. The molecule has 0 bridgehead atoms. The van der Waals surface area contributed by atoms with E-state index in [4.69, 9.17) is 37.1 Å². The highest BCUT2D eigenvalue weighted by Gasteiger charge is 2.12. The van der Waals surface area contributed by atoms with E-state index in [1.807, 2.05) is 0 Å². The smallest absolute Gasteiger partial charge is 0.277 e. The first-order valence-electron chi connectivity index (χ1n) is 8.00. The van der Waals surface area contributed by atoms with Gasteiger partial charge in [0, 0.05) is 5.02 Å². The first-order valence-corrected chi connectivity index (χ1v) is 9.74. The van der Waals surface area contributed by atoms with Gasteiger partial charge < -0.3 is 19.2 Å². The Hall–Kier alpha value is -2.42. The van der Waals surface area contributed by atoms with E-state index in [1.165, 1.54) is 0 Å². The molecule has 0 aliphatic carbocycles. The molecular formula is C18H15Cl2N3O4S. The second kappa shape index (κ2) is 9.68. The van der Waals surface area contributed by atoms with Crippen molar-refractivity contribution in [2.75, 3.05) is 18.2 Å². The van der Waals surface area contributed by atoms with Crippen molar-refractivity contribution in [2.24, 2.45) is 0 Å². The van der Waals surface area contributed by atoms with Crippen LogP contribution in [0, 0.1) is 0 Å². The molecule has 10 heteroatoms. The zero-order valence-electron chi connectivity index (χ0n) is 14.6. The van der Waals surface area contributed by atoms with Crippen molar-refractivity contribution in [1.82, 2.24) is 10.2 Å². The van der Waals surface area contributed by atoms with Gasteiger partial charge in [0.2, 0.25) is 5.91 Å². The molecule has 0 atom stereocenters. The fourth-order valence-electron chi connectivity index (χ4n) is 2.08. The number of rotatable bonds is 8. The van der Waals surface area contributed by atoms with E-state index in [-0.39, 0.29) is 23.5 Å². The van der Waals surface area contributed by atoms with Gasteiger partial charge in [-0.2, -0.15) is 0 Å². The minimum absolute atomic E-state index is 0.0833. The molecule has 146 valence electrons. The highest BCUT2D eigenvalue weighted by Crippen LogP contribution is 2.26. The van der Waals surface area contributed by atoms with Gasteiger partial charge in [-0.05, 0) is 42.5 Å². The Labute approximate surface area is 175 Å². The van der Waals surface area contributed by atoms with Gasteiger partial charge in [-0.3, -0.25) is 4.79 Å². The SMILES string of the molecule is COc1ccc(OCc2nnc(SCC(=O)Nc3ccc(Cl)cc3Cl)o2)cc1. The number of nitrogens with zero attached hydrogens (tertiary/aromatic N) is 2. The maximum Gasteiger partial charge on any atom is 0.277 e. The van der Waals surface area contributed by atoms with Crippen LogP contribution < -0.4 is 14.8 Å². The van der Waals surface area contributed by atoms with Crippen molar-refractivity contribution in [3.63, 3.8) is 0 Å². The zero-order chi connectivity index (χ0) is 19.9. The van der Waals surface area contributed by atoms with E-state index in [0.717, 1.165) is 17.5 Å². The first-order chi connectivity index (χ1) is 13.5. The van der Waals surface area contributed by atoms with Crippen LogP contribution >= 0.6 is 35.0 Å². The number of methoxy groups -OCH3 is 1. The summed E-state index contributed by atoms with van der Waals surface area (Å²) in [5, 5.41) is 11.6. The second-order valence-corrected chi connectivity index (χ2v) is 7.16. The predicted octanol–water partition coefficient (Wildman–Crippen LogP) is 4.69. The number of halogens is 2. The highest BCUT2D eigenvalue weighted by molar-refractivity contribution is 7.99. The molecule has 0 aliphatic rings. The highest BCUT2D eigenvalue weighted by atomic mass is 35.5. The fraction of sp³-hybridized carbons (Fsp3) is 0.167. The van der Waals surface area contributed by atoms with Gasteiger partial charge in [0.1, 0.15) is 11.5 Å². The van der Waals surface area contributed by atoms with Crippen LogP contribution in [0.25, 0.3) is 0 Å². The Bertz CT molecular complexity index is 950. The molecule has 1 aromatic heterocycles. The molecule has 3 aromatic rings. The molecule has 1 amide bonds. The molecular weight excluding hydrogens is 425 g/mol. The molecule has 3 rings (SSSR count). The Morgan fingerprint density at radius 3 is 2.61 bits per heavy atom. The molecule has 7 nitrogen and oxygen atoms in total. The summed E-state index contributed by atoms with van der Waals surface area (Å²) in [5.41, 5.74) is 0.482. The molecule has 0 fully saturated rings. The lowest BCUT2D eigenvalue weighted by Gasteiger charge is -2.06. The lowest BCUT2D eigenvalue weighted by atomic mass is 10.3. The summed E-state index contributed by atoms with van der Waals surface area (Å²) in [6.45, 7) is 0.118. The van der Waals surface area contributed by atoms with Crippen molar-refractivity contribution < 1.29 is 18.7 Å². The average Bonchev–Trinajstić information content (AvgIpc) is 3.15. The number of aromatic nitrogens is 2. The molecule has 0 aliphatic heterocycles. The van der Waals surface area contributed by atoms with Crippen LogP contribution in [0.15, 0.2) is 52.1 Å². The van der Waals surface area contributed by atoms with Crippen LogP contribution in [-0.2, 0) is 11.4 Å². The first kappa shape index (κ1) is 20.3. The third-order valence-electron chi connectivity index (χ3n) is 3.40. The number of carbonyl (C=O) groups is 1.